The molecule has 1 aromatic rings. The highest BCUT2D eigenvalue weighted by atomic mass is 16.5. The Morgan fingerprint density at radius 2 is 2.09 bits per heavy atom. The summed E-state index contributed by atoms with van der Waals surface area (Å²) in [5, 5.41) is 33.2. The maximum atomic E-state index is 12.0. The third kappa shape index (κ3) is 3.84. The van der Waals surface area contributed by atoms with Gasteiger partial charge in [0.15, 0.2) is 6.10 Å². The summed E-state index contributed by atoms with van der Waals surface area (Å²) >= 11 is 0. The Morgan fingerprint density at radius 3 is 2.70 bits per heavy atom. The fourth-order valence-electron chi connectivity index (χ4n) is 2.45. The van der Waals surface area contributed by atoms with Crippen LogP contribution in [0.4, 0.5) is 0 Å². The average Bonchev–Trinajstić information content (AvgIpc) is 3.03. The number of likely N-dealkylation sites (tertiary alicyclic amines) is 1. The summed E-state index contributed by atoms with van der Waals surface area (Å²) in [6, 6.07) is -0.916. The van der Waals surface area contributed by atoms with Gasteiger partial charge < -0.3 is 25.0 Å². The van der Waals surface area contributed by atoms with Crippen LogP contribution in [0.5, 0.6) is 0 Å². The quantitative estimate of drug-likeness (QED) is 0.488. The highest BCUT2D eigenvalue weighted by Gasteiger charge is 2.46. The smallest absolute Gasteiger partial charge is 0.327 e. The zero-order chi connectivity index (χ0) is 17.0. The number of carbonyl (C=O) groups is 2. The summed E-state index contributed by atoms with van der Waals surface area (Å²) in [6.45, 7) is 1.65. The highest BCUT2D eigenvalue weighted by molar-refractivity contribution is 5.83. The van der Waals surface area contributed by atoms with Gasteiger partial charge in [-0.25, -0.2) is 9.67 Å². The third-order valence-electron chi connectivity index (χ3n) is 3.64. The van der Waals surface area contributed by atoms with Crippen molar-refractivity contribution in [3.8, 4) is 0 Å². The standard InChI is InChI=1S/C13H20N4O6/c1-2-3-17-8(10(19)11(20)12(21)13(17)22)5-23-9(18)4-16-7-14-6-15-16/h6-8,10-12,19-21H,2-5H2,1H3/t8-,10-,11-,12-/m1/s1. The lowest BCUT2D eigenvalue weighted by atomic mass is 9.93. The van der Waals surface area contributed by atoms with Crippen molar-refractivity contribution in [1.82, 2.24) is 19.7 Å². The van der Waals surface area contributed by atoms with Crippen molar-refractivity contribution in [2.24, 2.45) is 0 Å². The second-order valence-corrected chi connectivity index (χ2v) is 5.30. The van der Waals surface area contributed by atoms with Crippen LogP contribution in [-0.4, -0.2) is 84.4 Å². The molecule has 3 N–H and O–H groups in total. The van der Waals surface area contributed by atoms with Crippen LogP contribution < -0.4 is 0 Å². The SMILES string of the molecule is CCCN1C(=O)[C@H](O)[C@H](O)[C@H](O)[C@H]1COC(=O)Cn1cncn1. The van der Waals surface area contributed by atoms with Gasteiger partial charge in [-0.05, 0) is 6.42 Å². The number of aliphatic hydroxyl groups is 3. The van der Waals surface area contributed by atoms with Gasteiger partial charge in [0.1, 0.15) is 38.0 Å². The van der Waals surface area contributed by atoms with E-state index in [1.165, 1.54) is 22.2 Å². The van der Waals surface area contributed by atoms with Crippen molar-refractivity contribution >= 4 is 11.9 Å². The first-order valence-corrected chi connectivity index (χ1v) is 7.28. The summed E-state index contributed by atoms with van der Waals surface area (Å²) in [4.78, 5) is 28.7. The molecule has 0 saturated carbocycles. The number of hydrogen-bond donors (Lipinski definition) is 3. The minimum absolute atomic E-state index is 0.157. The number of aromatic nitrogens is 3. The van der Waals surface area contributed by atoms with E-state index in [0.29, 0.717) is 6.42 Å². The highest BCUT2D eigenvalue weighted by Crippen LogP contribution is 2.21. The molecule has 0 radical (unpaired) electrons. The second-order valence-electron chi connectivity index (χ2n) is 5.30. The molecule has 0 spiro atoms. The molecular formula is C13H20N4O6. The van der Waals surface area contributed by atoms with Crippen LogP contribution in [0.2, 0.25) is 0 Å². The first-order chi connectivity index (χ1) is 11.0. The molecule has 4 atom stereocenters. The number of ether oxygens (including phenoxy) is 1. The second kappa shape index (κ2) is 7.49. The van der Waals surface area contributed by atoms with E-state index in [1.54, 1.807) is 0 Å². The van der Waals surface area contributed by atoms with Crippen molar-refractivity contribution in [3.63, 3.8) is 0 Å². The summed E-state index contributed by atoms with van der Waals surface area (Å²) in [5.41, 5.74) is 0. The van der Waals surface area contributed by atoms with Crippen molar-refractivity contribution in [1.29, 1.82) is 0 Å². The maximum Gasteiger partial charge on any atom is 0.327 e. The predicted molar refractivity (Wildman–Crippen MR) is 74.8 cm³/mol. The molecule has 10 nitrogen and oxygen atoms in total. The molecule has 1 fully saturated rings. The van der Waals surface area contributed by atoms with E-state index in [9.17, 15) is 24.9 Å². The molecule has 1 amide bonds. The Hall–Kier alpha value is -2.04. The maximum absolute atomic E-state index is 12.0. The van der Waals surface area contributed by atoms with Gasteiger partial charge in [0.2, 0.25) is 0 Å². The number of carbonyl (C=O) groups excluding carboxylic acids is 2. The van der Waals surface area contributed by atoms with E-state index in [2.05, 4.69) is 10.1 Å². The Kier molecular flexibility index (Phi) is 5.64. The van der Waals surface area contributed by atoms with E-state index >= 15 is 0 Å². The molecule has 0 bridgehead atoms. The van der Waals surface area contributed by atoms with Crippen molar-refractivity contribution in [2.75, 3.05) is 13.2 Å². The number of rotatable bonds is 6. The minimum atomic E-state index is -1.68. The molecule has 1 aliphatic rings. The zero-order valence-corrected chi connectivity index (χ0v) is 12.6. The Labute approximate surface area is 132 Å². The lowest BCUT2D eigenvalue weighted by molar-refractivity contribution is -0.182. The van der Waals surface area contributed by atoms with Crippen LogP contribution in [0.15, 0.2) is 12.7 Å². The van der Waals surface area contributed by atoms with Gasteiger partial charge in [-0.15, -0.1) is 0 Å². The molecule has 128 valence electrons. The van der Waals surface area contributed by atoms with Gasteiger partial charge >= 0.3 is 5.97 Å². The lowest BCUT2D eigenvalue weighted by Gasteiger charge is -2.42. The molecule has 2 rings (SSSR count). The van der Waals surface area contributed by atoms with E-state index < -0.39 is 36.2 Å². The van der Waals surface area contributed by atoms with Gasteiger partial charge in [-0.1, -0.05) is 6.92 Å². The van der Waals surface area contributed by atoms with Crippen LogP contribution >= 0.6 is 0 Å². The van der Waals surface area contributed by atoms with E-state index in [1.807, 2.05) is 6.92 Å². The largest absolute Gasteiger partial charge is 0.462 e. The van der Waals surface area contributed by atoms with Crippen LogP contribution in [0, 0.1) is 0 Å². The first kappa shape index (κ1) is 17.3. The van der Waals surface area contributed by atoms with Gasteiger partial charge in [0, 0.05) is 6.54 Å². The zero-order valence-electron chi connectivity index (χ0n) is 12.6. The van der Waals surface area contributed by atoms with Gasteiger partial charge in [0.05, 0.1) is 6.04 Å². The van der Waals surface area contributed by atoms with Gasteiger partial charge in [-0.2, -0.15) is 5.10 Å². The Bertz CT molecular complexity index is 537. The van der Waals surface area contributed by atoms with Crippen LogP contribution in [-0.2, 0) is 20.9 Å². The normalized spacial score (nSPS) is 28.0. The van der Waals surface area contributed by atoms with Gasteiger partial charge in [0.25, 0.3) is 5.91 Å². The van der Waals surface area contributed by atoms with Crippen LogP contribution in [0.3, 0.4) is 0 Å². The lowest BCUT2D eigenvalue weighted by Crippen LogP contribution is -2.65. The molecule has 1 saturated heterocycles. The van der Waals surface area contributed by atoms with E-state index in [-0.39, 0.29) is 19.7 Å². The monoisotopic (exact) mass is 328 g/mol. The Morgan fingerprint density at radius 1 is 1.35 bits per heavy atom. The fourth-order valence-corrected chi connectivity index (χ4v) is 2.45. The average molecular weight is 328 g/mol. The summed E-state index contributed by atoms with van der Waals surface area (Å²) in [5.74, 6) is -1.31. The molecule has 1 aromatic heterocycles. The summed E-state index contributed by atoms with van der Waals surface area (Å²) in [6.07, 6.45) is -1.49. The number of piperidine rings is 1. The number of amides is 1. The molecule has 0 aliphatic carbocycles. The summed E-state index contributed by atoms with van der Waals surface area (Å²) < 4.78 is 6.33. The molecular weight excluding hydrogens is 308 g/mol. The first-order valence-electron chi connectivity index (χ1n) is 7.28. The van der Waals surface area contributed by atoms with Crippen LogP contribution in [0.25, 0.3) is 0 Å². The molecule has 1 aliphatic heterocycles. The molecule has 2 heterocycles. The predicted octanol–water partition coefficient (Wildman–Crippen LogP) is -2.48. The van der Waals surface area contributed by atoms with E-state index in [0.717, 1.165) is 0 Å². The van der Waals surface area contributed by atoms with Crippen LogP contribution in [0.1, 0.15) is 13.3 Å². The Balaban J connectivity index is 1.99. The fraction of sp³-hybridized carbons (Fsp3) is 0.692. The van der Waals surface area contributed by atoms with Gasteiger partial charge in [-0.3, -0.25) is 9.59 Å². The topological polar surface area (TPSA) is 138 Å². The van der Waals surface area contributed by atoms with Crippen molar-refractivity contribution in [3.05, 3.63) is 12.7 Å². The minimum Gasteiger partial charge on any atom is -0.462 e. The molecule has 10 heteroatoms. The number of nitrogens with zero attached hydrogens (tertiary/aromatic N) is 4. The molecule has 23 heavy (non-hydrogen) atoms. The molecule has 0 aromatic carbocycles. The molecule has 0 unspecified atom stereocenters. The number of hydrogen-bond acceptors (Lipinski definition) is 8. The number of aliphatic hydroxyl groups excluding tert-OH is 3. The van der Waals surface area contributed by atoms with E-state index in [4.69, 9.17) is 4.74 Å². The van der Waals surface area contributed by atoms with Crippen molar-refractivity contribution in [2.45, 2.75) is 44.2 Å². The third-order valence-corrected chi connectivity index (χ3v) is 3.64. The number of esters is 1. The summed E-state index contributed by atoms with van der Waals surface area (Å²) in [7, 11) is 0. The van der Waals surface area contributed by atoms with Crippen molar-refractivity contribution < 1.29 is 29.6 Å².